The van der Waals surface area contributed by atoms with Crippen LogP contribution in [0.4, 0.5) is 5.82 Å². The SMILES string of the molecule is COc1ccc2c(Oc3ccc(NC(=O)c4c(C)n(C[C@@H](C)OC(=O)[C@H](C)N)n(-c5ccccc5)c4=O)nc3)ccnc2c1.O=C(O)c1ccccc1. The summed E-state index contributed by atoms with van der Waals surface area (Å²) < 4.78 is 19.7. The lowest BCUT2D eigenvalue weighted by Crippen LogP contribution is -2.34. The van der Waals surface area contributed by atoms with Gasteiger partial charge in [0.2, 0.25) is 0 Å². The summed E-state index contributed by atoms with van der Waals surface area (Å²) in [6, 6.07) is 26.9. The fourth-order valence-electron chi connectivity index (χ4n) is 5.26. The predicted octanol–water partition coefficient (Wildman–Crippen LogP) is 5.61. The van der Waals surface area contributed by atoms with Gasteiger partial charge in [-0.15, -0.1) is 0 Å². The molecule has 3 aromatic carbocycles. The van der Waals surface area contributed by atoms with Crippen molar-refractivity contribution in [3.8, 4) is 22.9 Å². The van der Waals surface area contributed by atoms with Gasteiger partial charge >= 0.3 is 11.9 Å². The summed E-state index contributed by atoms with van der Waals surface area (Å²) in [5, 5.41) is 11.9. The second kappa shape index (κ2) is 16.9. The van der Waals surface area contributed by atoms with E-state index in [9.17, 15) is 19.2 Å². The highest BCUT2D eigenvalue weighted by Gasteiger charge is 2.26. The van der Waals surface area contributed by atoms with E-state index in [1.807, 2.05) is 24.3 Å². The topological polar surface area (TPSA) is 190 Å². The van der Waals surface area contributed by atoms with Crippen molar-refractivity contribution in [2.45, 2.75) is 39.5 Å². The molecule has 3 aromatic heterocycles. The monoisotopic (exact) mass is 718 g/mol. The molecule has 3 heterocycles. The summed E-state index contributed by atoms with van der Waals surface area (Å²) in [7, 11) is 1.59. The Labute approximate surface area is 304 Å². The number of anilines is 1. The maximum absolute atomic E-state index is 13.7. The molecule has 14 heteroatoms. The summed E-state index contributed by atoms with van der Waals surface area (Å²) in [5.74, 6) is -0.148. The smallest absolute Gasteiger partial charge is 0.335 e. The third-order valence-electron chi connectivity index (χ3n) is 7.88. The number of amides is 1. The first-order valence-electron chi connectivity index (χ1n) is 16.5. The molecule has 0 aliphatic carbocycles. The van der Waals surface area contributed by atoms with Crippen molar-refractivity contribution in [1.29, 1.82) is 0 Å². The van der Waals surface area contributed by atoms with E-state index in [4.69, 9.17) is 25.1 Å². The Morgan fingerprint density at radius 2 is 1.58 bits per heavy atom. The Morgan fingerprint density at radius 1 is 0.906 bits per heavy atom. The molecular weight excluding hydrogens is 680 g/mol. The van der Waals surface area contributed by atoms with Gasteiger partial charge in [-0.1, -0.05) is 36.4 Å². The number of carboxylic acid groups (broad SMARTS) is 1. The van der Waals surface area contributed by atoms with Crippen LogP contribution in [0.3, 0.4) is 0 Å². The number of carbonyl (C=O) groups excluding carboxylic acids is 2. The van der Waals surface area contributed by atoms with Crippen molar-refractivity contribution < 1.29 is 33.7 Å². The van der Waals surface area contributed by atoms with Crippen molar-refractivity contribution in [2.24, 2.45) is 5.73 Å². The molecular formula is C39H38N6O8. The Balaban J connectivity index is 0.000000526. The lowest BCUT2D eigenvalue weighted by molar-refractivity contribution is -0.150. The summed E-state index contributed by atoms with van der Waals surface area (Å²) >= 11 is 0. The number of carboxylic acids is 1. The predicted molar refractivity (Wildman–Crippen MR) is 198 cm³/mol. The zero-order valence-corrected chi connectivity index (χ0v) is 29.4. The number of rotatable bonds is 11. The van der Waals surface area contributed by atoms with Crippen LogP contribution >= 0.6 is 0 Å². The minimum absolute atomic E-state index is 0.0691. The molecule has 0 aliphatic rings. The molecule has 14 nitrogen and oxygen atoms in total. The second-order valence-electron chi connectivity index (χ2n) is 11.8. The maximum atomic E-state index is 13.7. The highest BCUT2D eigenvalue weighted by Crippen LogP contribution is 2.31. The van der Waals surface area contributed by atoms with E-state index < -0.39 is 35.6 Å². The number of para-hydroxylation sites is 1. The Kier molecular flexibility index (Phi) is 12.0. The van der Waals surface area contributed by atoms with Gasteiger partial charge in [-0.05, 0) is 75.4 Å². The molecule has 0 saturated carbocycles. The lowest BCUT2D eigenvalue weighted by atomic mass is 10.2. The number of hydrogen-bond donors (Lipinski definition) is 3. The number of nitrogens with one attached hydrogen (secondary N) is 1. The van der Waals surface area contributed by atoms with Crippen LogP contribution < -0.4 is 26.1 Å². The van der Waals surface area contributed by atoms with E-state index in [1.54, 1.807) is 105 Å². The van der Waals surface area contributed by atoms with E-state index in [0.717, 1.165) is 5.39 Å². The summed E-state index contributed by atoms with van der Waals surface area (Å²) in [6.45, 7) is 5.00. The first-order chi connectivity index (χ1) is 25.5. The van der Waals surface area contributed by atoms with E-state index in [-0.39, 0.29) is 17.9 Å². The zero-order chi connectivity index (χ0) is 38.1. The van der Waals surface area contributed by atoms with Gasteiger partial charge in [-0.3, -0.25) is 24.0 Å². The minimum Gasteiger partial charge on any atom is -0.497 e. The number of aromatic nitrogens is 4. The number of hydrogen-bond acceptors (Lipinski definition) is 10. The van der Waals surface area contributed by atoms with Crippen LogP contribution in [0.25, 0.3) is 16.6 Å². The van der Waals surface area contributed by atoms with E-state index >= 15 is 0 Å². The zero-order valence-electron chi connectivity index (χ0n) is 29.4. The molecule has 0 saturated heterocycles. The standard InChI is InChI=1S/C32H32N6O6.C7H6O2/c1-19(43-32(41)20(2)33)18-37-21(3)29(31(40)38(37)22-8-6-5-7-9-22)30(39)36-28-13-11-24(17-35-28)44-27-14-15-34-26-16-23(42-4)10-12-25(26)27;8-7(9)6-4-2-1-3-5-6/h5-17,19-20H,18,33H2,1-4H3,(H,35,36,39);1-5H,(H,8,9)/t19-,20+;/m1./s1. The first-order valence-corrected chi connectivity index (χ1v) is 16.5. The molecule has 0 aliphatic heterocycles. The van der Waals surface area contributed by atoms with Crippen LogP contribution in [0.1, 0.15) is 40.3 Å². The van der Waals surface area contributed by atoms with Gasteiger partial charge in [0.15, 0.2) is 0 Å². The number of nitrogens with zero attached hydrogens (tertiary/aromatic N) is 4. The number of benzene rings is 3. The van der Waals surface area contributed by atoms with E-state index in [2.05, 4.69) is 15.3 Å². The van der Waals surface area contributed by atoms with Crippen molar-refractivity contribution in [1.82, 2.24) is 19.3 Å². The number of carbonyl (C=O) groups is 3. The Hall–Kier alpha value is -6.80. The maximum Gasteiger partial charge on any atom is 0.335 e. The number of pyridine rings is 2. The molecule has 2 atom stereocenters. The van der Waals surface area contributed by atoms with Crippen LogP contribution in [-0.2, 0) is 16.1 Å². The van der Waals surface area contributed by atoms with Gasteiger partial charge < -0.3 is 30.4 Å². The molecule has 0 spiro atoms. The van der Waals surface area contributed by atoms with Crippen LogP contribution in [0.5, 0.6) is 17.2 Å². The van der Waals surface area contributed by atoms with E-state index in [1.165, 1.54) is 17.8 Å². The van der Waals surface area contributed by atoms with Crippen molar-refractivity contribution >= 4 is 34.6 Å². The molecule has 6 aromatic rings. The molecule has 0 fully saturated rings. The molecule has 0 bridgehead atoms. The average molecular weight is 719 g/mol. The normalized spacial score (nSPS) is 11.8. The molecule has 0 radical (unpaired) electrons. The molecule has 6 rings (SSSR count). The van der Waals surface area contributed by atoms with Crippen LogP contribution in [0.2, 0.25) is 0 Å². The van der Waals surface area contributed by atoms with Gasteiger partial charge in [0.05, 0.1) is 42.3 Å². The Morgan fingerprint density at radius 3 is 2.19 bits per heavy atom. The lowest BCUT2D eigenvalue weighted by Gasteiger charge is -2.19. The average Bonchev–Trinajstić information content (AvgIpc) is 3.40. The summed E-state index contributed by atoms with van der Waals surface area (Å²) in [4.78, 5) is 58.1. The Bertz CT molecular complexity index is 2270. The van der Waals surface area contributed by atoms with Gasteiger partial charge in [0, 0.05) is 17.6 Å². The summed E-state index contributed by atoms with van der Waals surface area (Å²) in [6.07, 6.45) is 2.48. The van der Waals surface area contributed by atoms with Crippen molar-refractivity contribution in [3.63, 3.8) is 0 Å². The van der Waals surface area contributed by atoms with Crippen molar-refractivity contribution in [3.05, 3.63) is 137 Å². The van der Waals surface area contributed by atoms with Gasteiger partial charge in [0.1, 0.15) is 40.8 Å². The quantitative estimate of drug-likeness (QED) is 0.141. The van der Waals surface area contributed by atoms with Crippen LogP contribution in [0, 0.1) is 6.92 Å². The van der Waals surface area contributed by atoms with Gasteiger partial charge in [-0.25, -0.2) is 14.5 Å². The second-order valence-corrected chi connectivity index (χ2v) is 11.8. The van der Waals surface area contributed by atoms with Crippen molar-refractivity contribution in [2.75, 3.05) is 12.4 Å². The van der Waals surface area contributed by atoms with Crippen LogP contribution in [-0.4, -0.2) is 61.5 Å². The number of ether oxygens (including phenoxy) is 3. The highest BCUT2D eigenvalue weighted by molar-refractivity contribution is 6.04. The number of aromatic carboxylic acids is 1. The minimum atomic E-state index is -0.879. The third kappa shape index (κ3) is 9.11. The third-order valence-corrected chi connectivity index (χ3v) is 7.88. The molecule has 272 valence electrons. The largest absolute Gasteiger partial charge is 0.497 e. The number of nitrogens with two attached hydrogens (primary N) is 1. The van der Waals surface area contributed by atoms with Gasteiger partial charge in [-0.2, -0.15) is 0 Å². The molecule has 4 N–H and O–H groups in total. The first kappa shape index (κ1) is 37.5. The van der Waals surface area contributed by atoms with Crippen LogP contribution in [0.15, 0.2) is 114 Å². The highest BCUT2D eigenvalue weighted by atomic mass is 16.5. The molecule has 53 heavy (non-hydrogen) atoms. The summed E-state index contributed by atoms with van der Waals surface area (Å²) in [5.41, 5.74) is 7.02. The number of fused-ring (bicyclic) bond motifs is 1. The number of methoxy groups -OCH3 is 1. The fraction of sp³-hybridized carbons (Fsp3) is 0.179. The fourth-order valence-corrected chi connectivity index (χ4v) is 5.26. The number of esters is 1. The van der Waals surface area contributed by atoms with Gasteiger partial charge in [0.25, 0.3) is 11.5 Å². The van der Waals surface area contributed by atoms with E-state index in [0.29, 0.717) is 39.7 Å². The molecule has 1 amide bonds. The molecule has 0 unspecified atom stereocenters.